The molecule has 0 aliphatic heterocycles. The Labute approximate surface area is 192 Å². The summed E-state index contributed by atoms with van der Waals surface area (Å²) < 4.78 is 5.77. The maximum atomic E-state index is 12.7. The van der Waals surface area contributed by atoms with Crippen LogP contribution in [0.25, 0.3) is 5.57 Å². The van der Waals surface area contributed by atoms with Gasteiger partial charge in [0.2, 0.25) is 0 Å². The molecule has 3 rings (SSSR count). The smallest absolute Gasteiger partial charge is 0.351 e. The number of carbonyl (C=O) groups excluding carboxylic acids is 1. The molecule has 0 atom stereocenters. The number of nitrogens with one attached hydrogen (secondary N) is 1. The van der Waals surface area contributed by atoms with E-state index in [9.17, 15) is 9.59 Å². The molecule has 0 bridgehead atoms. The molecule has 0 aliphatic carbocycles. The number of aliphatic carboxylic acids is 1. The Bertz CT molecular complexity index is 1170. The highest BCUT2D eigenvalue weighted by atomic mass is 16.5. The zero-order valence-corrected chi connectivity index (χ0v) is 17.9. The summed E-state index contributed by atoms with van der Waals surface area (Å²) in [6, 6.07) is 23.9. The fourth-order valence-corrected chi connectivity index (χ4v) is 3.07. The number of anilines is 1. The van der Waals surface area contributed by atoms with Gasteiger partial charge < -0.3 is 26.6 Å². The van der Waals surface area contributed by atoms with Crippen molar-refractivity contribution in [3.63, 3.8) is 0 Å². The number of hydrogen-bond acceptors (Lipinski definition) is 5. The van der Waals surface area contributed by atoms with Gasteiger partial charge in [-0.3, -0.25) is 4.79 Å². The molecule has 6 N–H and O–H groups in total. The molecule has 1 amide bonds. The van der Waals surface area contributed by atoms with E-state index in [0.29, 0.717) is 34.7 Å². The van der Waals surface area contributed by atoms with Crippen LogP contribution < -0.4 is 21.5 Å². The third-order valence-electron chi connectivity index (χ3n) is 4.81. The third-order valence-corrected chi connectivity index (χ3v) is 4.81. The molecular formula is C26H25N3O4. The molecule has 0 aliphatic rings. The first-order valence-corrected chi connectivity index (χ1v) is 10.3. The number of benzene rings is 3. The van der Waals surface area contributed by atoms with Gasteiger partial charge >= 0.3 is 5.97 Å². The van der Waals surface area contributed by atoms with Crippen LogP contribution in [0.1, 0.15) is 21.5 Å². The van der Waals surface area contributed by atoms with Gasteiger partial charge in [-0.2, -0.15) is 0 Å². The second-order valence-corrected chi connectivity index (χ2v) is 7.17. The second kappa shape index (κ2) is 11.2. The highest BCUT2D eigenvalue weighted by Crippen LogP contribution is 2.20. The van der Waals surface area contributed by atoms with Gasteiger partial charge in [-0.25, -0.2) is 4.79 Å². The van der Waals surface area contributed by atoms with E-state index in [0.717, 1.165) is 6.42 Å². The van der Waals surface area contributed by atoms with Crippen LogP contribution in [0.15, 0.2) is 96.8 Å². The fourth-order valence-electron chi connectivity index (χ4n) is 3.07. The summed E-state index contributed by atoms with van der Waals surface area (Å²) in [5.41, 5.74) is 13.9. The number of rotatable bonds is 9. The molecule has 0 heterocycles. The van der Waals surface area contributed by atoms with Crippen molar-refractivity contribution in [1.29, 1.82) is 0 Å². The molecule has 0 saturated carbocycles. The molecule has 0 radical (unpaired) electrons. The van der Waals surface area contributed by atoms with E-state index in [1.54, 1.807) is 48.5 Å². The van der Waals surface area contributed by atoms with Gasteiger partial charge in [-0.1, -0.05) is 42.5 Å². The van der Waals surface area contributed by atoms with Crippen molar-refractivity contribution in [1.82, 2.24) is 0 Å². The zero-order chi connectivity index (χ0) is 23.6. The fraction of sp³-hybridized carbons (Fsp3) is 0.0769. The first-order chi connectivity index (χ1) is 16.0. The molecule has 168 valence electrons. The predicted molar refractivity (Wildman–Crippen MR) is 129 cm³/mol. The lowest BCUT2D eigenvalue weighted by Crippen LogP contribution is -2.12. The molecule has 0 unspecified atom stereocenters. The summed E-state index contributed by atoms with van der Waals surface area (Å²) in [6.45, 7) is 0.556. The van der Waals surface area contributed by atoms with Gasteiger partial charge in [0.15, 0.2) is 0 Å². The first kappa shape index (κ1) is 23.1. The number of carbonyl (C=O) groups is 2. The van der Waals surface area contributed by atoms with Gasteiger partial charge in [-0.15, -0.1) is 0 Å². The van der Waals surface area contributed by atoms with Crippen molar-refractivity contribution in [2.24, 2.45) is 11.5 Å². The SMILES string of the molecule is N/C=C(\C=C(/N)C(=O)O)c1cccc(C(=O)Nc2ccc(OCCc3ccccc3)cc2)c1. The number of hydrogen-bond donors (Lipinski definition) is 4. The lowest BCUT2D eigenvalue weighted by molar-refractivity contribution is -0.132. The minimum absolute atomic E-state index is 0.318. The van der Waals surface area contributed by atoms with E-state index >= 15 is 0 Å². The average molecular weight is 444 g/mol. The molecule has 7 nitrogen and oxygen atoms in total. The van der Waals surface area contributed by atoms with Crippen molar-refractivity contribution in [3.8, 4) is 5.75 Å². The van der Waals surface area contributed by atoms with Gasteiger partial charge in [0, 0.05) is 23.9 Å². The Kier molecular flexibility index (Phi) is 7.86. The van der Waals surface area contributed by atoms with Gasteiger partial charge in [-0.05, 0) is 59.2 Å². The summed E-state index contributed by atoms with van der Waals surface area (Å²) in [5, 5.41) is 11.8. The molecule has 3 aromatic carbocycles. The second-order valence-electron chi connectivity index (χ2n) is 7.17. The molecule has 0 saturated heterocycles. The normalized spacial score (nSPS) is 11.6. The summed E-state index contributed by atoms with van der Waals surface area (Å²) in [5.74, 6) is -0.858. The van der Waals surface area contributed by atoms with E-state index in [-0.39, 0.29) is 11.6 Å². The third kappa shape index (κ3) is 6.73. The quantitative estimate of drug-likeness (QED) is 0.294. The lowest BCUT2D eigenvalue weighted by atomic mass is 10.0. The average Bonchev–Trinajstić information content (AvgIpc) is 2.84. The first-order valence-electron chi connectivity index (χ1n) is 10.3. The van der Waals surface area contributed by atoms with Crippen molar-refractivity contribution in [3.05, 3.63) is 114 Å². The van der Waals surface area contributed by atoms with Crippen LogP contribution in [0, 0.1) is 0 Å². The number of ether oxygens (including phenoxy) is 1. The molecule has 3 aromatic rings. The number of amides is 1. The maximum Gasteiger partial charge on any atom is 0.351 e. The largest absolute Gasteiger partial charge is 0.493 e. The van der Waals surface area contributed by atoms with Crippen LogP contribution in [0.3, 0.4) is 0 Å². The van der Waals surface area contributed by atoms with Gasteiger partial charge in [0.1, 0.15) is 11.4 Å². The summed E-state index contributed by atoms with van der Waals surface area (Å²) >= 11 is 0. The Morgan fingerprint density at radius 1 is 0.939 bits per heavy atom. The molecule has 33 heavy (non-hydrogen) atoms. The van der Waals surface area contributed by atoms with Crippen LogP contribution in [0.5, 0.6) is 5.75 Å². The lowest BCUT2D eigenvalue weighted by Gasteiger charge is -2.10. The van der Waals surface area contributed by atoms with Crippen molar-refractivity contribution in [2.75, 3.05) is 11.9 Å². The number of allylic oxidation sites excluding steroid dienone is 2. The van der Waals surface area contributed by atoms with E-state index in [4.69, 9.17) is 21.3 Å². The highest BCUT2D eigenvalue weighted by molar-refractivity contribution is 6.05. The predicted octanol–water partition coefficient (Wildman–Crippen LogP) is 3.79. The van der Waals surface area contributed by atoms with Crippen molar-refractivity contribution >= 4 is 23.1 Å². The van der Waals surface area contributed by atoms with E-state index < -0.39 is 5.97 Å². The Hall–Kier alpha value is -4.52. The number of nitrogens with two attached hydrogens (primary N) is 2. The van der Waals surface area contributed by atoms with Gasteiger partial charge in [0.05, 0.1) is 6.61 Å². The van der Waals surface area contributed by atoms with Crippen LogP contribution in [-0.2, 0) is 11.2 Å². The van der Waals surface area contributed by atoms with E-state index in [1.807, 2.05) is 18.2 Å². The zero-order valence-electron chi connectivity index (χ0n) is 17.9. The molecule has 0 aromatic heterocycles. The van der Waals surface area contributed by atoms with E-state index in [1.165, 1.54) is 17.8 Å². The van der Waals surface area contributed by atoms with Crippen molar-refractivity contribution < 1.29 is 19.4 Å². The summed E-state index contributed by atoms with van der Waals surface area (Å²) in [4.78, 5) is 23.7. The van der Waals surface area contributed by atoms with Crippen LogP contribution in [-0.4, -0.2) is 23.6 Å². The highest BCUT2D eigenvalue weighted by Gasteiger charge is 2.10. The monoisotopic (exact) mass is 443 g/mol. The summed E-state index contributed by atoms with van der Waals surface area (Å²) in [7, 11) is 0. The Morgan fingerprint density at radius 2 is 1.64 bits per heavy atom. The topological polar surface area (TPSA) is 128 Å². The molecule has 7 heteroatoms. The maximum absolute atomic E-state index is 12.7. The number of carboxylic acids is 1. The standard InChI is InChI=1S/C26H25N3O4/c27-17-21(16-24(28)26(31)32)19-7-4-8-20(15-19)25(30)29-22-9-11-23(12-10-22)33-14-13-18-5-2-1-3-6-18/h1-12,15-17H,13-14,27-28H2,(H,29,30)(H,31,32)/b21-17+,24-16-. The summed E-state index contributed by atoms with van der Waals surface area (Å²) in [6.07, 6.45) is 3.29. The Morgan fingerprint density at radius 3 is 2.30 bits per heavy atom. The molecule has 0 fully saturated rings. The van der Waals surface area contributed by atoms with Crippen LogP contribution in [0.4, 0.5) is 5.69 Å². The minimum Gasteiger partial charge on any atom is -0.493 e. The van der Waals surface area contributed by atoms with Crippen LogP contribution in [0.2, 0.25) is 0 Å². The minimum atomic E-state index is -1.25. The molecule has 0 spiro atoms. The van der Waals surface area contributed by atoms with E-state index in [2.05, 4.69) is 17.4 Å². The molecular weight excluding hydrogens is 418 g/mol. The van der Waals surface area contributed by atoms with Gasteiger partial charge in [0.25, 0.3) is 5.91 Å². The Balaban J connectivity index is 1.61. The van der Waals surface area contributed by atoms with Crippen molar-refractivity contribution in [2.45, 2.75) is 6.42 Å². The van der Waals surface area contributed by atoms with Crippen LogP contribution >= 0.6 is 0 Å². The number of carboxylic acid groups (broad SMARTS) is 1.